The first-order valence-corrected chi connectivity index (χ1v) is 7.05. The Morgan fingerprint density at radius 1 is 1.23 bits per heavy atom. The molecule has 0 fully saturated rings. The topological polar surface area (TPSA) is 49.7 Å². The Hall–Kier alpha value is -2.49. The molecule has 0 aromatic heterocycles. The molecule has 22 heavy (non-hydrogen) atoms. The summed E-state index contributed by atoms with van der Waals surface area (Å²) in [6, 6.07) is 13.2. The molecule has 2 aromatic rings. The van der Waals surface area contributed by atoms with Crippen LogP contribution in [0.3, 0.4) is 0 Å². The molecule has 0 aliphatic carbocycles. The van der Waals surface area contributed by atoms with Gasteiger partial charge in [0.15, 0.2) is 6.04 Å². The van der Waals surface area contributed by atoms with Gasteiger partial charge in [0.25, 0.3) is 0 Å². The third-order valence-electron chi connectivity index (χ3n) is 3.48. The quantitative estimate of drug-likeness (QED) is 0.857. The van der Waals surface area contributed by atoms with Crippen molar-refractivity contribution >= 4 is 11.7 Å². The van der Waals surface area contributed by atoms with Crippen molar-refractivity contribution in [2.24, 2.45) is 4.99 Å². The molecular formula is C18H18FNO2. The van der Waals surface area contributed by atoms with Crippen LogP contribution in [0.2, 0.25) is 0 Å². The number of aliphatic imine (C=N–C) groups is 1. The van der Waals surface area contributed by atoms with E-state index in [1.807, 2.05) is 30.3 Å². The number of carbonyl (C=O) groups is 1. The molecule has 2 rings (SSSR count). The maximum atomic E-state index is 13.3. The van der Waals surface area contributed by atoms with Gasteiger partial charge in [-0.15, -0.1) is 0 Å². The van der Waals surface area contributed by atoms with Gasteiger partial charge in [0.05, 0.1) is 0 Å². The van der Waals surface area contributed by atoms with Crippen molar-refractivity contribution in [2.75, 3.05) is 0 Å². The van der Waals surface area contributed by atoms with Gasteiger partial charge in [0.1, 0.15) is 5.82 Å². The fourth-order valence-corrected chi connectivity index (χ4v) is 2.20. The molecule has 114 valence electrons. The van der Waals surface area contributed by atoms with Crippen LogP contribution in [0.15, 0.2) is 53.5 Å². The van der Waals surface area contributed by atoms with Gasteiger partial charge in [-0.05, 0) is 42.7 Å². The van der Waals surface area contributed by atoms with Crippen LogP contribution in [-0.2, 0) is 11.2 Å². The average molecular weight is 299 g/mol. The zero-order valence-corrected chi connectivity index (χ0v) is 12.6. The second-order valence-electron chi connectivity index (χ2n) is 5.22. The molecule has 4 heteroatoms. The van der Waals surface area contributed by atoms with E-state index in [1.165, 1.54) is 6.07 Å². The first kappa shape index (κ1) is 15.9. The highest BCUT2D eigenvalue weighted by molar-refractivity contribution is 6.00. The van der Waals surface area contributed by atoms with Crippen LogP contribution in [0, 0.1) is 12.7 Å². The second-order valence-corrected chi connectivity index (χ2v) is 5.22. The van der Waals surface area contributed by atoms with Gasteiger partial charge in [-0.2, -0.15) is 0 Å². The maximum absolute atomic E-state index is 13.3. The Kier molecular flexibility index (Phi) is 5.04. The maximum Gasteiger partial charge on any atom is 0.328 e. The highest BCUT2D eigenvalue weighted by Gasteiger charge is 2.17. The smallest absolute Gasteiger partial charge is 0.328 e. The summed E-state index contributed by atoms with van der Waals surface area (Å²) in [5.41, 5.74) is 2.76. The largest absolute Gasteiger partial charge is 0.480 e. The number of benzene rings is 2. The summed E-state index contributed by atoms with van der Waals surface area (Å²) in [6.45, 7) is 3.42. The highest BCUT2D eigenvalue weighted by Crippen LogP contribution is 2.13. The number of halogens is 1. The molecular weight excluding hydrogens is 281 g/mol. The van der Waals surface area contributed by atoms with E-state index < -0.39 is 12.0 Å². The number of carboxylic acids is 1. The molecule has 1 N–H and O–H groups in total. The van der Waals surface area contributed by atoms with Crippen molar-refractivity contribution < 1.29 is 14.3 Å². The zero-order valence-electron chi connectivity index (χ0n) is 12.6. The van der Waals surface area contributed by atoms with Crippen LogP contribution < -0.4 is 0 Å². The average Bonchev–Trinajstić information content (AvgIpc) is 2.50. The summed E-state index contributed by atoms with van der Waals surface area (Å²) in [5, 5.41) is 9.36. The summed E-state index contributed by atoms with van der Waals surface area (Å²) >= 11 is 0. The number of aliphatic carboxylic acids is 1. The minimum Gasteiger partial charge on any atom is -0.480 e. The molecule has 0 radical (unpaired) electrons. The Morgan fingerprint density at radius 3 is 2.50 bits per heavy atom. The number of rotatable bonds is 5. The van der Waals surface area contributed by atoms with Crippen LogP contribution in [0.5, 0.6) is 0 Å². The van der Waals surface area contributed by atoms with Gasteiger partial charge in [-0.1, -0.05) is 36.4 Å². The summed E-state index contributed by atoms with van der Waals surface area (Å²) in [7, 11) is 0. The zero-order chi connectivity index (χ0) is 16.1. The minimum absolute atomic E-state index is 0.282. The third-order valence-corrected chi connectivity index (χ3v) is 3.48. The molecule has 2 aromatic carbocycles. The molecule has 0 saturated carbocycles. The lowest BCUT2D eigenvalue weighted by Gasteiger charge is -2.10. The summed E-state index contributed by atoms with van der Waals surface area (Å²) < 4.78 is 13.3. The predicted molar refractivity (Wildman–Crippen MR) is 84.9 cm³/mol. The van der Waals surface area contributed by atoms with Gasteiger partial charge in [-0.3, -0.25) is 4.99 Å². The Bertz CT molecular complexity index is 695. The number of hydrogen-bond acceptors (Lipinski definition) is 2. The molecule has 1 unspecified atom stereocenters. The van der Waals surface area contributed by atoms with Crippen molar-refractivity contribution in [3.05, 3.63) is 71.0 Å². The normalized spacial score (nSPS) is 13.0. The molecule has 0 saturated heterocycles. The van der Waals surface area contributed by atoms with Crippen molar-refractivity contribution in [1.82, 2.24) is 0 Å². The lowest BCUT2D eigenvalue weighted by molar-refractivity contribution is -0.138. The van der Waals surface area contributed by atoms with E-state index in [9.17, 15) is 14.3 Å². The number of aryl methyl sites for hydroxylation is 1. The third kappa shape index (κ3) is 4.01. The Labute approximate surface area is 129 Å². The predicted octanol–water partition coefficient (Wildman–Crippen LogP) is 3.64. The molecule has 0 bridgehead atoms. The minimum atomic E-state index is -0.970. The summed E-state index contributed by atoms with van der Waals surface area (Å²) in [5.74, 6) is -1.25. The lowest BCUT2D eigenvalue weighted by Crippen LogP contribution is -2.22. The standard InChI is InChI=1S/C18H18FNO2/c1-12-10-15(8-9-16(12)19)13(2)20-17(18(21)22)11-14-6-4-3-5-7-14/h3-10,17H,11H2,1-2H3,(H,21,22). The first-order valence-electron chi connectivity index (χ1n) is 7.05. The summed E-state index contributed by atoms with van der Waals surface area (Å²) in [6.07, 6.45) is 0.327. The molecule has 0 spiro atoms. The van der Waals surface area contributed by atoms with E-state index in [-0.39, 0.29) is 5.82 Å². The van der Waals surface area contributed by atoms with Crippen molar-refractivity contribution in [2.45, 2.75) is 26.3 Å². The Balaban J connectivity index is 2.25. The lowest BCUT2D eigenvalue weighted by atomic mass is 10.0. The van der Waals surface area contributed by atoms with Gasteiger partial charge in [-0.25, -0.2) is 9.18 Å². The fraction of sp³-hybridized carbons (Fsp3) is 0.222. The van der Waals surface area contributed by atoms with Crippen molar-refractivity contribution in [3.8, 4) is 0 Å². The van der Waals surface area contributed by atoms with Crippen LogP contribution >= 0.6 is 0 Å². The number of carboxylic acid groups (broad SMARTS) is 1. The van der Waals surface area contributed by atoms with E-state index in [1.54, 1.807) is 26.0 Å². The van der Waals surface area contributed by atoms with Crippen molar-refractivity contribution in [1.29, 1.82) is 0 Å². The van der Waals surface area contributed by atoms with Crippen LogP contribution in [0.4, 0.5) is 4.39 Å². The molecule has 0 aliphatic rings. The van der Waals surface area contributed by atoms with Crippen LogP contribution in [-0.4, -0.2) is 22.8 Å². The number of hydrogen-bond donors (Lipinski definition) is 1. The van der Waals surface area contributed by atoms with E-state index >= 15 is 0 Å². The SMILES string of the molecule is CC(=NC(Cc1ccccc1)C(=O)O)c1ccc(F)c(C)c1. The number of nitrogens with zero attached hydrogens (tertiary/aromatic N) is 1. The monoisotopic (exact) mass is 299 g/mol. The highest BCUT2D eigenvalue weighted by atomic mass is 19.1. The van der Waals surface area contributed by atoms with E-state index in [0.29, 0.717) is 17.7 Å². The van der Waals surface area contributed by atoms with Gasteiger partial charge < -0.3 is 5.11 Å². The summed E-state index contributed by atoms with van der Waals surface area (Å²) in [4.78, 5) is 15.7. The molecule has 1 atom stereocenters. The molecule has 0 amide bonds. The first-order chi connectivity index (χ1) is 10.5. The Morgan fingerprint density at radius 2 is 1.91 bits per heavy atom. The van der Waals surface area contributed by atoms with E-state index in [0.717, 1.165) is 11.1 Å². The van der Waals surface area contributed by atoms with Gasteiger partial charge >= 0.3 is 5.97 Å². The van der Waals surface area contributed by atoms with E-state index in [2.05, 4.69) is 4.99 Å². The van der Waals surface area contributed by atoms with Crippen LogP contribution in [0.1, 0.15) is 23.6 Å². The fourth-order valence-electron chi connectivity index (χ4n) is 2.20. The molecule has 0 heterocycles. The second kappa shape index (κ2) is 6.98. The van der Waals surface area contributed by atoms with Crippen LogP contribution in [0.25, 0.3) is 0 Å². The molecule has 3 nitrogen and oxygen atoms in total. The van der Waals surface area contributed by atoms with Crippen molar-refractivity contribution in [3.63, 3.8) is 0 Å². The molecule has 0 aliphatic heterocycles. The van der Waals surface area contributed by atoms with Gasteiger partial charge in [0.2, 0.25) is 0 Å². The van der Waals surface area contributed by atoms with Gasteiger partial charge in [0, 0.05) is 12.1 Å². The van der Waals surface area contributed by atoms with E-state index in [4.69, 9.17) is 0 Å².